The van der Waals surface area contributed by atoms with E-state index in [1.54, 1.807) is 6.07 Å². The molecule has 0 aliphatic heterocycles. The second-order valence-electron chi connectivity index (χ2n) is 15.3. The monoisotopic (exact) mass is 646 g/mol. The lowest BCUT2D eigenvalue weighted by molar-refractivity contribution is 0.590. The van der Waals surface area contributed by atoms with Crippen molar-refractivity contribution in [3.8, 4) is 34.6 Å². The first-order valence-electron chi connectivity index (χ1n) is 17.2. The molecule has 0 aliphatic carbocycles. The predicted octanol–water partition coefficient (Wildman–Crippen LogP) is 11.9. The first-order valence-corrected chi connectivity index (χ1v) is 17.2. The number of aromatic nitrogens is 2. The quantitative estimate of drug-likeness (QED) is 0.192. The first kappa shape index (κ1) is 31.2. The number of hydrogen-bond donors (Lipinski definition) is 0. The van der Waals surface area contributed by atoms with Crippen LogP contribution in [0.4, 0.5) is 0 Å². The molecular weight excluding hydrogens is 609 g/mol. The molecule has 8 rings (SSSR count). The Bertz CT molecular complexity index is 2660. The van der Waals surface area contributed by atoms with Gasteiger partial charge in [0, 0.05) is 38.4 Å². The van der Waals surface area contributed by atoms with Gasteiger partial charge in [-0.1, -0.05) is 102 Å². The van der Waals surface area contributed by atoms with Crippen LogP contribution in [-0.2, 0) is 10.8 Å². The third-order valence-electron chi connectivity index (χ3n) is 10.1. The van der Waals surface area contributed by atoms with Crippen molar-refractivity contribution in [3.63, 3.8) is 0 Å². The first-order chi connectivity index (χ1) is 24.0. The van der Waals surface area contributed by atoms with Crippen LogP contribution in [0.1, 0.15) is 63.8 Å². The van der Waals surface area contributed by atoms with Crippen molar-refractivity contribution in [2.45, 2.75) is 52.4 Å². The highest BCUT2D eigenvalue weighted by molar-refractivity contribution is 6.14. The van der Waals surface area contributed by atoms with Crippen LogP contribution in [0.15, 0.2) is 121 Å². The zero-order valence-corrected chi connectivity index (χ0v) is 29.3. The molecule has 242 valence electrons. The summed E-state index contributed by atoms with van der Waals surface area (Å²) >= 11 is 0. The summed E-state index contributed by atoms with van der Waals surface area (Å²) in [5.41, 5.74) is 11.3. The molecule has 0 atom stereocenters. The van der Waals surface area contributed by atoms with E-state index in [0.29, 0.717) is 11.1 Å². The molecule has 2 heterocycles. The Labute approximate surface area is 293 Å². The van der Waals surface area contributed by atoms with Crippen molar-refractivity contribution in [2.75, 3.05) is 0 Å². The molecule has 2 aromatic heterocycles. The van der Waals surface area contributed by atoms with E-state index in [0.717, 1.165) is 55.3 Å². The van der Waals surface area contributed by atoms with Crippen molar-refractivity contribution >= 4 is 43.6 Å². The second-order valence-corrected chi connectivity index (χ2v) is 15.3. The summed E-state index contributed by atoms with van der Waals surface area (Å²) in [6, 6.07) is 47.4. The van der Waals surface area contributed by atoms with Gasteiger partial charge in [0.05, 0.1) is 38.9 Å². The Morgan fingerprint density at radius 2 is 1.04 bits per heavy atom. The third-order valence-corrected chi connectivity index (χ3v) is 10.1. The lowest BCUT2D eigenvalue weighted by Gasteiger charge is -2.20. The number of benzene rings is 6. The Hall–Kier alpha value is -6.10. The van der Waals surface area contributed by atoms with Gasteiger partial charge in [-0.3, -0.25) is 0 Å². The fourth-order valence-electron chi connectivity index (χ4n) is 7.47. The van der Waals surface area contributed by atoms with Gasteiger partial charge >= 0.3 is 0 Å². The summed E-state index contributed by atoms with van der Waals surface area (Å²) in [4.78, 5) is 0. The van der Waals surface area contributed by atoms with E-state index in [9.17, 15) is 10.5 Å². The Morgan fingerprint density at radius 1 is 0.460 bits per heavy atom. The maximum atomic E-state index is 10.5. The fraction of sp³-hybridized carbons (Fsp3) is 0.174. The van der Waals surface area contributed by atoms with E-state index in [1.165, 1.54) is 21.9 Å². The molecule has 0 N–H and O–H groups in total. The molecule has 4 heteroatoms. The molecule has 0 saturated heterocycles. The highest BCUT2D eigenvalue weighted by atomic mass is 15.0. The number of hydrogen-bond acceptors (Lipinski definition) is 2. The van der Waals surface area contributed by atoms with Crippen LogP contribution in [0.3, 0.4) is 0 Å². The zero-order chi connectivity index (χ0) is 34.9. The van der Waals surface area contributed by atoms with E-state index in [1.807, 2.05) is 18.2 Å². The molecule has 0 fully saturated rings. The predicted molar refractivity (Wildman–Crippen MR) is 207 cm³/mol. The number of nitriles is 2. The standard InChI is InChI=1S/C46H38N4/c1-45(2,3)30-19-21-41-35(23-30)36-24-31(46(4,5)6)20-22-42(36)50(41)44-26-38-34-16-10-11-18-40(34)49(32-14-8-7-9-15-32)43(38)25-37(44)33-17-12-13-29(27-47)39(33)28-48/h7-26H,1-6H3. The SMILES string of the molecule is CC(C)(C)c1ccc2c(c1)c1cc(C(C)(C)C)ccc1n2-c1cc2c3ccccc3n(-c3ccccc3)c2cc1-c1cccc(C#N)c1C#N. The van der Waals surface area contributed by atoms with Crippen LogP contribution >= 0.6 is 0 Å². The summed E-state index contributed by atoms with van der Waals surface area (Å²) in [5, 5.41) is 25.3. The minimum absolute atomic E-state index is 0.0208. The van der Waals surface area contributed by atoms with Crippen molar-refractivity contribution in [1.82, 2.24) is 9.13 Å². The zero-order valence-electron chi connectivity index (χ0n) is 29.3. The van der Waals surface area contributed by atoms with Crippen LogP contribution in [-0.4, -0.2) is 9.13 Å². The van der Waals surface area contributed by atoms with Gasteiger partial charge in [-0.25, -0.2) is 0 Å². The Kier molecular flexibility index (Phi) is 7.00. The molecule has 0 bridgehead atoms. The molecule has 50 heavy (non-hydrogen) atoms. The van der Waals surface area contributed by atoms with Crippen LogP contribution in [0.25, 0.3) is 66.1 Å². The van der Waals surface area contributed by atoms with Gasteiger partial charge in [0.1, 0.15) is 12.1 Å². The third kappa shape index (κ3) is 4.80. The summed E-state index contributed by atoms with van der Waals surface area (Å²) in [5.74, 6) is 0. The molecule has 0 aliphatic rings. The highest BCUT2D eigenvalue weighted by Gasteiger charge is 2.25. The van der Waals surface area contributed by atoms with E-state index in [-0.39, 0.29) is 10.8 Å². The van der Waals surface area contributed by atoms with Crippen LogP contribution in [0.2, 0.25) is 0 Å². The molecule has 6 aromatic carbocycles. The van der Waals surface area contributed by atoms with Crippen LogP contribution in [0.5, 0.6) is 0 Å². The van der Waals surface area contributed by atoms with Gasteiger partial charge in [-0.05, 0) is 82.6 Å². The Balaban J connectivity index is 1.58. The number of fused-ring (bicyclic) bond motifs is 6. The van der Waals surface area contributed by atoms with Crippen LogP contribution in [0, 0.1) is 22.7 Å². The van der Waals surface area contributed by atoms with Gasteiger partial charge in [0.2, 0.25) is 0 Å². The molecule has 0 saturated carbocycles. The molecule has 4 nitrogen and oxygen atoms in total. The van der Waals surface area contributed by atoms with Gasteiger partial charge < -0.3 is 9.13 Å². The van der Waals surface area contributed by atoms with Crippen molar-refractivity contribution < 1.29 is 0 Å². The topological polar surface area (TPSA) is 57.4 Å². The maximum Gasteiger partial charge on any atom is 0.101 e. The van der Waals surface area contributed by atoms with Crippen molar-refractivity contribution in [2.24, 2.45) is 0 Å². The number of nitrogens with zero attached hydrogens (tertiary/aromatic N) is 4. The molecule has 0 amide bonds. The number of para-hydroxylation sites is 2. The normalized spacial score (nSPS) is 12.2. The fourth-order valence-corrected chi connectivity index (χ4v) is 7.47. The van der Waals surface area contributed by atoms with Crippen LogP contribution < -0.4 is 0 Å². The van der Waals surface area contributed by atoms with Gasteiger partial charge in [0.25, 0.3) is 0 Å². The number of rotatable bonds is 3. The molecule has 0 spiro atoms. The summed E-state index contributed by atoms with van der Waals surface area (Å²) in [6.07, 6.45) is 0. The second kappa shape index (κ2) is 11.2. The van der Waals surface area contributed by atoms with Gasteiger partial charge in [-0.15, -0.1) is 0 Å². The average Bonchev–Trinajstić information content (AvgIpc) is 3.61. The van der Waals surface area contributed by atoms with Crippen molar-refractivity contribution in [1.29, 1.82) is 10.5 Å². The van der Waals surface area contributed by atoms with E-state index in [4.69, 9.17) is 0 Å². The van der Waals surface area contributed by atoms with E-state index < -0.39 is 0 Å². The average molecular weight is 647 g/mol. The molecule has 0 unspecified atom stereocenters. The maximum absolute atomic E-state index is 10.5. The van der Waals surface area contributed by atoms with E-state index >= 15 is 0 Å². The molecule has 8 aromatic rings. The molecule has 0 radical (unpaired) electrons. The lowest BCUT2D eigenvalue weighted by Crippen LogP contribution is -2.10. The summed E-state index contributed by atoms with van der Waals surface area (Å²) in [6.45, 7) is 13.5. The smallest absolute Gasteiger partial charge is 0.101 e. The van der Waals surface area contributed by atoms with Gasteiger partial charge in [-0.2, -0.15) is 10.5 Å². The largest absolute Gasteiger partial charge is 0.309 e. The minimum Gasteiger partial charge on any atom is -0.309 e. The summed E-state index contributed by atoms with van der Waals surface area (Å²) < 4.78 is 4.67. The summed E-state index contributed by atoms with van der Waals surface area (Å²) in [7, 11) is 0. The van der Waals surface area contributed by atoms with Gasteiger partial charge in [0.15, 0.2) is 0 Å². The highest BCUT2D eigenvalue weighted by Crippen LogP contribution is 2.44. The minimum atomic E-state index is -0.0208. The van der Waals surface area contributed by atoms with Crippen molar-refractivity contribution in [3.05, 3.63) is 144 Å². The lowest BCUT2D eigenvalue weighted by atomic mass is 9.85. The molecular formula is C46H38N4. The van der Waals surface area contributed by atoms with E-state index in [2.05, 4.69) is 160 Å². The Morgan fingerprint density at radius 3 is 1.64 bits per heavy atom.